The van der Waals surface area contributed by atoms with Gasteiger partial charge < -0.3 is 0 Å². The van der Waals surface area contributed by atoms with Gasteiger partial charge in [0.05, 0.1) is 11.1 Å². The molecule has 0 aliphatic rings. The Labute approximate surface area is 124 Å². The zero-order valence-electron chi connectivity index (χ0n) is 9.33. The molecule has 1 atom stereocenters. The van der Waals surface area contributed by atoms with Crippen LogP contribution in [0.5, 0.6) is 0 Å². The third kappa shape index (κ3) is 2.71. The van der Waals surface area contributed by atoms with Crippen LogP contribution in [0.2, 0.25) is 10.0 Å². The molecule has 94 valence electrons. The number of hydrogen-bond donors (Lipinski definition) is 2. The number of rotatable bonds is 3. The minimum Gasteiger partial charge on any atom is -0.271 e. The van der Waals surface area contributed by atoms with Crippen molar-refractivity contribution in [2.75, 3.05) is 0 Å². The molecule has 0 aliphatic carbocycles. The summed E-state index contributed by atoms with van der Waals surface area (Å²) in [5.41, 5.74) is 4.52. The Balaban J connectivity index is 2.53. The van der Waals surface area contributed by atoms with E-state index in [9.17, 15) is 0 Å². The highest BCUT2D eigenvalue weighted by Crippen LogP contribution is 2.35. The quantitative estimate of drug-likeness (QED) is 0.642. The number of nitrogens with two attached hydrogens (primary N) is 1. The monoisotopic (exact) mass is 344 g/mol. The Morgan fingerprint density at radius 2 is 1.67 bits per heavy atom. The molecule has 5 heteroatoms. The van der Waals surface area contributed by atoms with E-state index in [1.165, 1.54) is 0 Å². The lowest BCUT2D eigenvalue weighted by Crippen LogP contribution is -2.29. The molecule has 0 amide bonds. The molecule has 0 spiro atoms. The third-order valence-corrected chi connectivity index (χ3v) is 4.33. The van der Waals surface area contributed by atoms with Gasteiger partial charge >= 0.3 is 0 Å². The lowest BCUT2D eigenvalue weighted by molar-refractivity contribution is 0.637. The molecule has 0 aliphatic heterocycles. The minimum absolute atomic E-state index is 0.247. The van der Waals surface area contributed by atoms with Gasteiger partial charge in [0.15, 0.2) is 0 Å². The molecule has 3 N–H and O–H groups in total. The smallest absolute Gasteiger partial charge is 0.0739 e. The van der Waals surface area contributed by atoms with Gasteiger partial charge in [0.2, 0.25) is 0 Å². The summed E-state index contributed by atoms with van der Waals surface area (Å²) in [6.07, 6.45) is 0. The van der Waals surface area contributed by atoms with Crippen LogP contribution in [0.25, 0.3) is 0 Å². The zero-order valence-corrected chi connectivity index (χ0v) is 12.4. The average molecular weight is 346 g/mol. The second kappa shape index (κ2) is 6.04. The number of nitrogens with one attached hydrogen (secondary N) is 1. The van der Waals surface area contributed by atoms with Crippen molar-refractivity contribution in [2.24, 2.45) is 5.84 Å². The van der Waals surface area contributed by atoms with Crippen LogP contribution in [-0.2, 0) is 0 Å². The van der Waals surface area contributed by atoms with Crippen LogP contribution >= 0.6 is 39.1 Å². The SMILES string of the molecule is NNC(c1ccccc1Cl)c1cccc(Br)c1Cl. The maximum absolute atomic E-state index is 6.28. The summed E-state index contributed by atoms with van der Waals surface area (Å²) in [7, 11) is 0. The van der Waals surface area contributed by atoms with E-state index in [0.29, 0.717) is 10.0 Å². The summed E-state index contributed by atoms with van der Waals surface area (Å²) in [5, 5.41) is 1.27. The zero-order chi connectivity index (χ0) is 13.1. The Bertz CT molecular complexity index is 560. The largest absolute Gasteiger partial charge is 0.271 e. The first-order valence-corrected chi connectivity index (χ1v) is 6.84. The second-order valence-corrected chi connectivity index (χ2v) is 5.40. The van der Waals surface area contributed by atoms with Gasteiger partial charge in [0.1, 0.15) is 0 Å². The van der Waals surface area contributed by atoms with Crippen molar-refractivity contribution in [3.8, 4) is 0 Å². The van der Waals surface area contributed by atoms with E-state index in [4.69, 9.17) is 29.0 Å². The fourth-order valence-electron chi connectivity index (χ4n) is 1.80. The fraction of sp³-hybridized carbons (Fsp3) is 0.0769. The maximum Gasteiger partial charge on any atom is 0.0739 e. The highest BCUT2D eigenvalue weighted by Gasteiger charge is 2.18. The highest BCUT2D eigenvalue weighted by molar-refractivity contribution is 9.10. The van der Waals surface area contributed by atoms with Gasteiger partial charge in [-0.1, -0.05) is 53.5 Å². The molecule has 0 fully saturated rings. The molecular formula is C13H11BrCl2N2. The second-order valence-electron chi connectivity index (χ2n) is 3.76. The lowest BCUT2D eigenvalue weighted by Gasteiger charge is -2.19. The van der Waals surface area contributed by atoms with Crippen LogP contribution in [0, 0.1) is 0 Å². The molecular weight excluding hydrogens is 335 g/mol. The van der Waals surface area contributed by atoms with Crippen molar-refractivity contribution < 1.29 is 0 Å². The first-order chi connectivity index (χ1) is 8.65. The van der Waals surface area contributed by atoms with Crippen LogP contribution in [0.1, 0.15) is 17.2 Å². The predicted octanol–water partition coefficient (Wildman–Crippen LogP) is 4.31. The average Bonchev–Trinajstić information content (AvgIpc) is 2.37. The molecule has 2 rings (SSSR count). The predicted molar refractivity (Wildman–Crippen MR) is 79.8 cm³/mol. The molecule has 0 saturated heterocycles. The summed E-state index contributed by atoms with van der Waals surface area (Å²) >= 11 is 15.9. The molecule has 2 aromatic rings. The normalized spacial score (nSPS) is 12.4. The van der Waals surface area contributed by atoms with E-state index in [1.54, 1.807) is 0 Å². The van der Waals surface area contributed by atoms with E-state index in [0.717, 1.165) is 15.6 Å². The Morgan fingerprint density at radius 1 is 1.00 bits per heavy atom. The molecule has 18 heavy (non-hydrogen) atoms. The summed E-state index contributed by atoms with van der Waals surface area (Å²) in [6.45, 7) is 0. The van der Waals surface area contributed by atoms with E-state index in [-0.39, 0.29) is 6.04 Å². The van der Waals surface area contributed by atoms with Gasteiger partial charge in [-0.3, -0.25) is 5.84 Å². The fourth-order valence-corrected chi connectivity index (χ4v) is 2.66. The molecule has 0 radical (unpaired) electrons. The van der Waals surface area contributed by atoms with Crippen molar-refractivity contribution in [3.63, 3.8) is 0 Å². The van der Waals surface area contributed by atoms with Gasteiger partial charge in [0, 0.05) is 9.50 Å². The van der Waals surface area contributed by atoms with Crippen molar-refractivity contribution in [1.82, 2.24) is 5.43 Å². The minimum atomic E-state index is -0.247. The van der Waals surface area contributed by atoms with Crippen LogP contribution in [0.15, 0.2) is 46.9 Å². The number of hydrazine groups is 1. The van der Waals surface area contributed by atoms with Crippen molar-refractivity contribution in [2.45, 2.75) is 6.04 Å². The van der Waals surface area contributed by atoms with Crippen LogP contribution < -0.4 is 11.3 Å². The summed E-state index contributed by atoms with van der Waals surface area (Å²) in [6, 6.07) is 13.0. The van der Waals surface area contributed by atoms with Crippen LogP contribution in [0.3, 0.4) is 0 Å². The molecule has 0 saturated carbocycles. The number of benzene rings is 2. The van der Waals surface area contributed by atoms with Crippen molar-refractivity contribution in [1.29, 1.82) is 0 Å². The molecule has 0 aromatic heterocycles. The Hall–Kier alpha value is -0.580. The third-order valence-electron chi connectivity index (χ3n) is 2.68. The van der Waals surface area contributed by atoms with E-state index in [2.05, 4.69) is 21.4 Å². The molecule has 1 unspecified atom stereocenters. The van der Waals surface area contributed by atoms with Gasteiger partial charge in [0.25, 0.3) is 0 Å². The van der Waals surface area contributed by atoms with Crippen LogP contribution in [-0.4, -0.2) is 0 Å². The molecule has 2 nitrogen and oxygen atoms in total. The van der Waals surface area contributed by atoms with E-state index in [1.807, 2.05) is 42.5 Å². The molecule has 2 aromatic carbocycles. The Morgan fingerprint density at radius 3 is 2.33 bits per heavy atom. The van der Waals surface area contributed by atoms with E-state index < -0.39 is 0 Å². The number of halogens is 3. The molecule has 0 heterocycles. The number of hydrogen-bond acceptors (Lipinski definition) is 2. The summed E-state index contributed by atoms with van der Waals surface area (Å²) in [4.78, 5) is 0. The topological polar surface area (TPSA) is 38.0 Å². The summed E-state index contributed by atoms with van der Waals surface area (Å²) < 4.78 is 0.828. The van der Waals surface area contributed by atoms with Crippen molar-refractivity contribution >= 4 is 39.1 Å². The standard InChI is InChI=1S/C13H11BrCl2N2/c14-10-6-3-5-9(12(10)16)13(18-17)8-4-1-2-7-11(8)15/h1-7,13,18H,17H2. The van der Waals surface area contributed by atoms with E-state index >= 15 is 0 Å². The first kappa shape index (κ1) is 13.8. The van der Waals surface area contributed by atoms with Gasteiger partial charge in [-0.2, -0.15) is 0 Å². The van der Waals surface area contributed by atoms with Gasteiger partial charge in [-0.05, 0) is 39.2 Å². The molecule has 0 bridgehead atoms. The Kier molecular flexibility index (Phi) is 4.65. The summed E-state index contributed by atoms with van der Waals surface area (Å²) in [5.74, 6) is 5.64. The van der Waals surface area contributed by atoms with Crippen molar-refractivity contribution in [3.05, 3.63) is 68.1 Å². The van der Waals surface area contributed by atoms with Gasteiger partial charge in [-0.25, -0.2) is 5.43 Å². The van der Waals surface area contributed by atoms with Crippen LogP contribution in [0.4, 0.5) is 0 Å². The van der Waals surface area contributed by atoms with Gasteiger partial charge in [-0.15, -0.1) is 0 Å². The first-order valence-electron chi connectivity index (χ1n) is 5.29. The maximum atomic E-state index is 6.28. The lowest BCUT2D eigenvalue weighted by atomic mass is 9.99. The highest BCUT2D eigenvalue weighted by atomic mass is 79.9.